The molecule has 0 aliphatic carbocycles. The Bertz CT molecular complexity index is 6620. The molecule has 0 saturated carbocycles. The van der Waals surface area contributed by atoms with Crippen molar-refractivity contribution in [3.8, 4) is 0 Å². The van der Waals surface area contributed by atoms with Gasteiger partial charge in [-0.15, -0.1) is 0 Å². The number of aromatic nitrogens is 7. The lowest BCUT2D eigenvalue weighted by Crippen LogP contribution is -2.32. The molecule has 20 heteroatoms. The molecule has 17 nitrogen and oxygen atoms in total. The van der Waals surface area contributed by atoms with Crippen LogP contribution in [0, 0.1) is 23.7 Å². The average Bonchev–Trinajstić information content (AvgIpc) is 1.80. The predicted molar refractivity (Wildman–Crippen MR) is 618 cm³/mol. The molecule has 782 valence electrons. The predicted octanol–water partition coefficient (Wildman–Crippen LogP) is 28.8. The van der Waals surface area contributed by atoms with Crippen LogP contribution in [-0.4, -0.2) is 177 Å². The zero-order valence-electron chi connectivity index (χ0n) is 93.4. The van der Waals surface area contributed by atoms with E-state index in [-0.39, 0.29) is 49.7 Å². The fourth-order valence-corrected chi connectivity index (χ4v) is 22.3. The van der Waals surface area contributed by atoms with Crippen LogP contribution in [0.15, 0.2) is 213 Å². The van der Waals surface area contributed by atoms with E-state index in [1.54, 1.807) is 4.90 Å². The molecule has 3 unspecified atom stereocenters. The maximum Gasteiger partial charge on any atom is 0.243 e. The van der Waals surface area contributed by atoms with Crippen LogP contribution in [0.4, 0.5) is 53.9 Å². The SMILES string of the molecule is CC(C)(C)c1cccc2cc(N3CCC(C(F)F)C3)ncc12.CC(C)(C)c1cccc2cc(N3CCC(F)C3)ncc12.CN(C)C(=O)C1CCN(c2cc3cccc(C(C)(C)C)c3cn2)C1.CN[C@H]1CCN(c2cc3cccc(C(C)(C)C)c3cn2)C1.C[C@@H]1CCN(c2cc3cccc(C(C)(C)C)c3cn2)C1.C[C@H]1CCCN1c1cc2cccc(C(C)(C)C)c2cn1.C[C@H]1CCN(c2cc3cccc(C(C)(C)C)c3cn2)C1. The molecule has 0 spiro atoms. The summed E-state index contributed by atoms with van der Waals surface area (Å²) in [6.45, 7) is 65.7. The highest BCUT2D eigenvalue weighted by Gasteiger charge is 2.36. The summed E-state index contributed by atoms with van der Waals surface area (Å²) in [6.07, 6.45) is 19.5. The van der Waals surface area contributed by atoms with Crippen molar-refractivity contribution in [2.75, 3.05) is 141 Å². The lowest BCUT2D eigenvalue weighted by atomic mass is 9.84. The molecule has 7 aliphatic heterocycles. The van der Waals surface area contributed by atoms with Gasteiger partial charge < -0.3 is 44.5 Å². The Kier molecular flexibility index (Phi) is 33.7. The van der Waals surface area contributed by atoms with Crippen LogP contribution in [0.2, 0.25) is 0 Å². The van der Waals surface area contributed by atoms with E-state index in [0.29, 0.717) is 44.6 Å². The number of halogens is 3. The van der Waals surface area contributed by atoms with Gasteiger partial charge in [-0.3, -0.25) is 4.79 Å². The monoisotopic (exact) mass is 1990 g/mol. The highest BCUT2D eigenvalue weighted by Crippen LogP contribution is 2.42. The number of anilines is 7. The molecular weight excluding hydrogens is 1820 g/mol. The van der Waals surface area contributed by atoms with Crippen LogP contribution in [-0.2, 0) is 42.7 Å². The third-order valence-corrected chi connectivity index (χ3v) is 30.8. The highest BCUT2D eigenvalue weighted by atomic mass is 19.3. The average molecular weight is 1990 g/mol. The summed E-state index contributed by atoms with van der Waals surface area (Å²) in [5.41, 5.74) is 10.3. The quantitative estimate of drug-likeness (QED) is 0.138. The van der Waals surface area contributed by atoms with Gasteiger partial charge in [-0.25, -0.2) is 48.1 Å². The molecule has 7 fully saturated rings. The normalized spacial score (nSPS) is 19.4. The molecule has 0 bridgehead atoms. The summed E-state index contributed by atoms with van der Waals surface area (Å²) in [5, 5.41) is 20.8. The van der Waals surface area contributed by atoms with Gasteiger partial charge in [0.05, 0.1) is 12.5 Å². The van der Waals surface area contributed by atoms with Gasteiger partial charge in [-0.05, 0) is 234 Å². The van der Waals surface area contributed by atoms with E-state index in [0.717, 1.165) is 135 Å². The number of carbonyl (C=O) groups excluding carboxylic acids is 1. The Labute approximate surface area is 876 Å². The number of pyridine rings is 7. The van der Waals surface area contributed by atoms with Crippen molar-refractivity contribution < 1.29 is 18.0 Å². The van der Waals surface area contributed by atoms with Crippen molar-refractivity contribution in [1.29, 1.82) is 0 Å². The number of benzene rings is 7. The molecule has 14 heterocycles. The standard InChI is InChI=1S/C20H27N3O.C18H22F2N2.C18H25N3.3C18H24N2.C17H21FN2/c1-20(2,3)17-8-6-7-14-11-18(21-12-16(14)17)23-10-9-15(13-23)19(24)22(4)5;1-18(2,3)15-6-4-5-12-9-16(21-10-14(12)15)22-8-7-13(11-22)17(19)20;1-18(2,3)16-7-5-6-13-10-17(20-11-15(13)16)21-9-8-14(12-21)19-4;1-13-7-6-10-20(13)17-11-14-8-5-9-16(18(2,3)4)15(14)12-19-17;2*1-13-8-9-20(12-13)17-10-14-6-5-7-16(18(2,3)4)15(14)11-19-17;1-17(2,3)15-6-4-5-12-9-16(19-10-14(12)15)20-8-7-13(18)11-20/h6-8,11-12,15H,9-10,13H2,1-5H3;4-6,9-10,13,17H,7-8,11H2,1-3H3;5-7,10-11,14,19H,8-9,12H2,1-4H3;5,8-9,11-13H,6-7,10H2,1-4H3;2*5-7,10-11,13H,8-9,12H2,1-4H3;4-6,9-10,13H,7-8,11H2,1-3H3/t;;14-;3*13-;/m..0010./s1. The van der Waals surface area contributed by atoms with E-state index in [1.165, 1.54) is 136 Å². The lowest BCUT2D eigenvalue weighted by molar-refractivity contribution is -0.132. The maximum atomic E-state index is 13.3. The van der Waals surface area contributed by atoms with Crippen LogP contribution in [0.25, 0.3) is 75.4 Å². The molecule has 14 aromatic rings. The first-order valence-electron chi connectivity index (χ1n) is 54.3. The summed E-state index contributed by atoms with van der Waals surface area (Å²) >= 11 is 0. The van der Waals surface area contributed by atoms with Gasteiger partial charge in [0.25, 0.3) is 0 Å². The van der Waals surface area contributed by atoms with Crippen LogP contribution >= 0.6 is 0 Å². The van der Waals surface area contributed by atoms with Gasteiger partial charge in [0, 0.05) is 192 Å². The minimum Gasteiger partial charge on any atom is -0.356 e. The molecule has 147 heavy (non-hydrogen) atoms. The fraction of sp³-hybridized carbons (Fsp3) is 0.496. The maximum absolute atomic E-state index is 13.3. The zero-order chi connectivity index (χ0) is 106. The smallest absolute Gasteiger partial charge is 0.243 e. The number of amides is 1. The van der Waals surface area contributed by atoms with Gasteiger partial charge in [0.2, 0.25) is 12.3 Å². The van der Waals surface area contributed by atoms with E-state index >= 15 is 0 Å². The number of carbonyl (C=O) groups is 1. The molecule has 21 rings (SSSR count). The van der Waals surface area contributed by atoms with Crippen LogP contribution in [0.3, 0.4) is 0 Å². The van der Waals surface area contributed by atoms with Gasteiger partial charge in [-0.1, -0.05) is 287 Å². The first kappa shape index (κ1) is 109. The number of hydrogen-bond acceptors (Lipinski definition) is 16. The molecule has 7 aromatic heterocycles. The molecule has 1 N–H and O–H groups in total. The molecule has 7 saturated heterocycles. The van der Waals surface area contributed by atoms with Crippen molar-refractivity contribution in [1.82, 2.24) is 45.1 Å². The minimum absolute atomic E-state index is 0.0527. The van der Waals surface area contributed by atoms with Gasteiger partial charge in [-0.2, -0.15) is 0 Å². The number of alkyl halides is 3. The molecule has 1 amide bonds. The molecule has 7 aromatic carbocycles. The Morgan fingerprint density at radius 1 is 0.320 bits per heavy atom. The fourth-order valence-electron chi connectivity index (χ4n) is 22.3. The van der Waals surface area contributed by atoms with Crippen molar-refractivity contribution in [2.24, 2.45) is 23.7 Å². The molecule has 0 radical (unpaired) electrons. The summed E-state index contributed by atoms with van der Waals surface area (Å²) in [5.74, 6) is 8.51. The van der Waals surface area contributed by atoms with Gasteiger partial charge >= 0.3 is 0 Å². The third kappa shape index (κ3) is 26.6. The van der Waals surface area contributed by atoms with Crippen LogP contribution in [0.1, 0.15) is 256 Å². The second-order valence-electron chi connectivity index (χ2n) is 50.1. The van der Waals surface area contributed by atoms with E-state index in [9.17, 15) is 18.0 Å². The van der Waals surface area contributed by atoms with Crippen LogP contribution < -0.4 is 39.6 Å². The first-order valence-corrected chi connectivity index (χ1v) is 54.3. The summed E-state index contributed by atoms with van der Waals surface area (Å²) in [4.78, 5) is 62.4. The lowest BCUT2D eigenvalue weighted by Gasteiger charge is -2.24. The molecular formula is C127H167F3N16O. The third-order valence-electron chi connectivity index (χ3n) is 30.8. The molecule has 7 aliphatic rings. The van der Waals surface area contributed by atoms with E-state index in [4.69, 9.17) is 24.9 Å². The van der Waals surface area contributed by atoms with Crippen molar-refractivity contribution in [3.63, 3.8) is 0 Å². The minimum atomic E-state index is -2.24. The van der Waals surface area contributed by atoms with Gasteiger partial charge in [0.15, 0.2) is 0 Å². The number of rotatable bonds is 10. The largest absolute Gasteiger partial charge is 0.356 e. The number of nitrogens with zero attached hydrogens (tertiary/aromatic N) is 15. The summed E-state index contributed by atoms with van der Waals surface area (Å²) < 4.78 is 39.0. The molecule has 7 atom stereocenters. The topological polar surface area (TPSA) is 145 Å². The summed E-state index contributed by atoms with van der Waals surface area (Å²) in [7, 11) is 5.69. The van der Waals surface area contributed by atoms with E-state index in [1.807, 2.05) is 55.6 Å². The van der Waals surface area contributed by atoms with E-state index in [2.05, 4.69) is 395 Å². The first-order chi connectivity index (χ1) is 69.4. The Hall–Kier alpha value is -11.8. The Morgan fingerprint density at radius 2 is 0.578 bits per heavy atom. The highest BCUT2D eigenvalue weighted by molar-refractivity contribution is 5.94. The second kappa shape index (κ2) is 45.3. The van der Waals surface area contributed by atoms with Crippen molar-refractivity contribution in [2.45, 2.75) is 280 Å². The van der Waals surface area contributed by atoms with E-state index < -0.39 is 18.5 Å². The number of fused-ring (bicyclic) bond motifs is 7. The number of hydrogen-bond donors (Lipinski definition) is 1. The number of likely N-dealkylation sites (N-methyl/N-ethyl adjacent to an activating group) is 1. The zero-order valence-corrected chi connectivity index (χ0v) is 93.4. The van der Waals surface area contributed by atoms with Gasteiger partial charge in [0.1, 0.15) is 46.9 Å². The number of nitrogens with one attached hydrogen (secondary N) is 1. The van der Waals surface area contributed by atoms with Crippen LogP contribution in [0.5, 0.6) is 0 Å². The van der Waals surface area contributed by atoms with Crippen molar-refractivity contribution >= 4 is 122 Å². The Morgan fingerprint density at radius 3 is 0.823 bits per heavy atom. The van der Waals surface area contributed by atoms with Crippen molar-refractivity contribution in [3.05, 3.63) is 252 Å². The second-order valence-corrected chi connectivity index (χ2v) is 50.1. The summed E-state index contributed by atoms with van der Waals surface area (Å²) in [6, 6.07) is 61.9. The Balaban J connectivity index is 0.000000129.